The van der Waals surface area contributed by atoms with Crippen LogP contribution in [-0.2, 0) is 14.3 Å². The number of nitrogens with one attached hydrogen (secondary N) is 1. The van der Waals surface area contributed by atoms with E-state index in [1.807, 2.05) is 11.0 Å². The normalized spacial score (nSPS) is 20.5. The number of anilines is 2. The maximum Gasteiger partial charge on any atom is 0.223 e. The number of fused-ring (bicyclic) bond motifs is 1. The van der Waals surface area contributed by atoms with Crippen molar-refractivity contribution in [3.63, 3.8) is 0 Å². The van der Waals surface area contributed by atoms with Gasteiger partial charge >= 0.3 is 0 Å². The van der Waals surface area contributed by atoms with Gasteiger partial charge in [-0.1, -0.05) is 12.1 Å². The molecule has 4 heterocycles. The van der Waals surface area contributed by atoms with Gasteiger partial charge in [-0.05, 0) is 37.0 Å². The topological polar surface area (TPSA) is 92.7 Å². The van der Waals surface area contributed by atoms with Crippen molar-refractivity contribution in [1.29, 1.82) is 0 Å². The van der Waals surface area contributed by atoms with Gasteiger partial charge in [0.15, 0.2) is 5.82 Å². The number of carbonyl (C=O) groups excluding carboxylic acids is 1. The van der Waals surface area contributed by atoms with Crippen LogP contribution in [0.4, 0.5) is 11.5 Å². The lowest BCUT2D eigenvalue weighted by molar-refractivity contribution is -0.138. The molecule has 3 aromatic rings. The van der Waals surface area contributed by atoms with Gasteiger partial charge in [0.2, 0.25) is 5.91 Å². The number of nitrogens with zero attached hydrogens (tertiary/aromatic N) is 5. The molecule has 0 radical (unpaired) electrons. The number of pyridine rings is 1. The van der Waals surface area contributed by atoms with Crippen molar-refractivity contribution in [2.24, 2.45) is 5.92 Å². The maximum atomic E-state index is 12.6. The summed E-state index contributed by atoms with van der Waals surface area (Å²) in [6.07, 6.45) is 6.34. The van der Waals surface area contributed by atoms with Crippen LogP contribution < -0.4 is 10.2 Å². The number of aromatic nitrogens is 3. The molecule has 2 saturated heterocycles. The Morgan fingerprint density at radius 1 is 1.03 bits per heavy atom. The molecule has 36 heavy (non-hydrogen) atoms. The van der Waals surface area contributed by atoms with Crippen molar-refractivity contribution in [2.75, 3.05) is 62.8 Å². The van der Waals surface area contributed by atoms with E-state index in [9.17, 15) is 4.79 Å². The van der Waals surface area contributed by atoms with E-state index in [0.29, 0.717) is 44.4 Å². The van der Waals surface area contributed by atoms with Crippen LogP contribution in [0.15, 0.2) is 42.7 Å². The first kappa shape index (κ1) is 23.1. The molecule has 1 atom stereocenters. The summed E-state index contributed by atoms with van der Waals surface area (Å²) in [5, 5.41) is 3.44. The standard InChI is InChI=1S/C27H32N6O3/c34-25(15-19-1-2-19)33-11-14-36-22(18-33)17-30-27-26-24(28-7-8-29-26)16-23(31-27)20-3-5-21(6-4-20)32-9-12-35-13-10-32/h3-8,16,19,22H,1-2,9-15,17-18H2,(H,30,31)/t22-/m1/s1. The molecular weight excluding hydrogens is 456 g/mol. The predicted octanol–water partition coefficient (Wildman–Crippen LogP) is 2.97. The third kappa shape index (κ3) is 5.27. The predicted molar refractivity (Wildman–Crippen MR) is 138 cm³/mol. The van der Waals surface area contributed by atoms with Gasteiger partial charge in [0.1, 0.15) is 5.52 Å². The molecule has 1 aliphatic carbocycles. The second-order valence-electron chi connectivity index (χ2n) is 9.79. The van der Waals surface area contributed by atoms with Crippen molar-refractivity contribution in [3.05, 3.63) is 42.7 Å². The Morgan fingerprint density at radius 2 is 1.83 bits per heavy atom. The Kier molecular flexibility index (Phi) is 6.65. The molecule has 9 heteroatoms. The summed E-state index contributed by atoms with van der Waals surface area (Å²) >= 11 is 0. The molecule has 1 saturated carbocycles. The molecule has 0 unspecified atom stereocenters. The van der Waals surface area contributed by atoms with Crippen LogP contribution in [-0.4, -0.2) is 84.4 Å². The van der Waals surface area contributed by atoms with Crippen molar-refractivity contribution in [3.8, 4) is 11.3 Å². The smallest absolute Gasteiger partial charge is 0.223 e. The minimum atomic E-state index is -0.0908. The van der Waals surface area contributed by atoms with E-state index in [1.165, 1.54) is 18.5 Å². The average Bonchev–Trinajstić information content (AvgIpc) is 3.76. The van der Waals surface area contributed by atoms with Crippen LogP contribution in [0.25, 0.3) is 22.3 Å². The van der Waals surface area contributed by atoms with Crippen LogP contribution in [0.1, 0.15) is 19.3 Å². The summed E-state index contributed by atoms with van der Waals surface area (Å²) in [5.41, 5.74) is 4.56. The van der Waals surface area contributed by atoms with E-state index in [2.05, 4.69) is 44.5 Å². The molecular formula is C27H32N6O3. The molecule has 2 aliphatic heterocycles. The molecule has 188 valence electrons. The molecule has 2 aromatic heterocycles. The van der Waals surface area contributed by atoms with Crippen LogP contribution in [0.2, 0.25) is 0 Å². The number of hydrogen-bond donors (Lipinski definition) is 1. The summed E-state index contributed by atoms with van der Waals surface area (Å²) in [6.45, 7) is 5.72. The molecule has 3 fully saturated rings. The highest BCUT2D eigenvalue weighted by molar-refractivity contribution is 5.88. The summed E-state index contributed by atoms with van der Waals surface area (Å²) in [5.74, 6) is 1.53. The zero-order chi connectivity index (χ0) is 24.3. The minimum absolute atomic E-state index is 0.0908. The third-order valence-electron chi connectivity index (χ3n) is 7.14. The van der Waals surface area contributed by atoms with Gasteiger partial charge in [0, 0.05) is 62.8 Å². The Hall–Kier alpha value is -3.30. The largest absolute Gasteiger partial charge is 0.378 e. The highest BCUT2D eigenvalue weighted by atomic mass is 16.5. The second kappa shape index (κ2) is 10.4. The first-order valence-corrected chi connectivity index (χ1v) is 12.9. The molecule has 1 aromatic carbocycles. The number of hydrogen-bond acceptors (Lipinski definition) is 8. The number of morpholine rings is 2. The molecule has 1 amide bonds. The van der Waals surface area contributed by atoms with E-state index < -0.39 is 0 Å². The summed E-state index contributed by atoms with van der Waals surface area (Å²) in [6, 6.07) is 10.5. The molecule has 0 spiro atoms. The summed E-state index contributed by atoms with van der Waals surface area (Å²) in [7, 11) is 0. The van der Waals surface area contributed by atoms with Crippen LogP contribution in [0.3, 0.4) is 0 Å². The first-order valence-electron chi connectivity index (χ1n) is 12.9. The second-order valence-corrected chi connectivity index (χ2v) is 9.79. The van der Waals surface area contributed by atoms with Gasteiger partial charge in [-0.2, -0.15) is 0 Å². The van der Waals surface area contributed by atoms with E-state index in [0.717, 1.165) is 48.6 Å². The molecule has 9 nitrogen and oxygen atoms in total. The summed E-state index contributed by atoms with van der Waals surface area (Å²) in [4.78, 5) is 30.8. The number of benzene rings is 1. The molecule has 6 rings (SSSR count). The van der Waals surface area contributed by atoms with Gasteiger partial charge in [-0.25, -0.2) is 9.97 Å². The number of ether oxygens (including phenoxy) is 2. The van der Waals surface area contributed by atoms with Crippen LogP contribution >= 0.6 is 0 Å². The number of rotatable bonds is 7. The molecule has 3 aliphatic rings. The van der Waals surface area contributed by atoms with Gasteiger partial charge < -0.3 is 24.6 Å². The number of amides is 1. The fraction of sp³-hybridized carbons (Fsp3) is 0.481. The maximum absolute atomic E-state index is 12.6. The lowest BCUT2D eigenvalue weighted by Gasteiger charge is -2.33. The van der Waals surface area contributed by atoms with Gasteiger partial charge in [-0.15, -0.1) is 0 Å². The quantitative estimate of drug-likeness (QED) is 0.543. The highest BCUT2D eigenvalue weighted by Gasteiger charge is 2.30. The van der Waals surface area contributed by atoms with E-state index in [-0.39, 0.29) is 12.0 Å². The SMILES string of the molecule is O=C(CC1CC1)N1CCO[C@H](CNc2nc(-c3ccc(N4CCOCC4)cc3)cc3nccnc23)C1. The summed E-state index contributed by atoms with van der Waals surface area (Å²) < 4.78 is 11.4. The van der Waals surface area contributed by atoms with Gasteiger partial charge in [-0.3, -0.25) is 9.78 Å². The zero-order valence-corrected chi connectivity index (χ0v) is 20.4. The average molecular weight is 489 g/mol. The van der Waals surface area contributed by atoms with Gasteiger partial charge in [0.25, 0.3) is 0 Å². The lowest BCUT2D eigenvalue weighted by Crippen LogP contribution is -2.48. The highest BCUT2D eigenvalue weighted by Crippen LogP contribution is 2.33. The van der Waals surface area contributed by atoms with E-state index >= 15 is 0 Å². The lowest BCUT2D eigenvalue weighted by atomic mass is 10.1. The van der Waals surface area contributed by atoms with Crippen molar-refractivity contribution in [1.82, 2.24) is 19.9 Å². The van der Waals surface area contributed by atoms with Crippen molar-refractivity contribution in [2.45, 2.75) is 25.4 Å². The third-order valence-corrected chi connectivity index (χ3v) is 7.14. The number of carbonyl (C=O) groups is 1. The molecule has 0 bridgehead atoms. The molecule has 1 N–H and O–H groups in total. The monoisotopic (exact) mass is 488 g/mol. The first-order chi connectivity index (χ1) is 17.7. The fourth-order valence-electron chi connectivity index (χ4n) is 4.89. The minimum Gasteiger partial charge on any atom is -0.378 e. The van der Waals surface area contributed by atoms with Crippen LogP contribution in [0, 0.1) is 5.92 Å². The van der Waals surface area contributed by atoms with Crippen molar-refractivity contribution < 1.29 is 14.3 Å². The van der Waals surface area contributed by atoms with Crippen LogP contribution in [0.5, 0.6) is 0 Å². The zero-order valence-electron chi connectivity index (χ0n) is 20.4. The Morgan fingerprint density at radius 3 is 2.64 bits per heavy atom. The fourth-order valence-corrected chi connectivity index (χ4v) is 4.89. The van der Waals surface area contributed by atoms with E-state index in [4.69, 9.17) is 14.5 Å². The Bertz CT molecular complexity index is 1210. The van der Waals surface area contributed by atoms with Crippen molar-refractivity contribution >= 4 is 28.4 Å². The Balaban J connectivity index is 1.18. The Labute approximate surface area is 210 Å². The van der Waals surface area contributed by atoms with Gasteiger partial charge in [0.05, 0.1) is 37.1 Å². The van der Waals surface area contributed by atoms with E-state index in [1.54, 1.807) is 12.4 Å².